The van der Waals surface area contributed by atoms with E-state index in [1.165, 1.54) is 24.3 Å². The highest BCUT2D eigenvalue weighted by atomic mass is 35.5. The summed E-state index contributed by atoms with van der Waals surface area (Å²) in [5, 5.41) is 6.80. The molecule has 0 spiro atoms. The SMILES string of the molecule is CCNC(=O)c1nn(-c2cccc(Cl)c2)c(=O)n(Cc2cccc(F)c2)c1=O. The second kappa shape index (κ2) is 8.18. The molecule has 0 unspecified atom stereocenters. The summed E-state index contributed by atoms with van der Waals surface area (Å²) in [5.74, 6) is -1.21. The van der Waals surface area contributed by atoms with Crippen LogP contribution in [0.15, 0.2) is 58.1 Å². The molecule has 0 aliphatic carbocycles. The average Bonchev–Trinajstić information content (AvgIpc) is 2.65. The lowest BCUT2D eigenvalue weighted by Gasteiger charge is -2.12. The van der Waals surface area contributed by atoms with Crippen molar-refractivity contribution in [1.29, 1.82) is 0 Å². The molecule has 3 aromatic rings. The number of hydrogen-bond acceptors (Lipinski definition) is 4. The molecule has 0 saturated heterocycles. The van der Waals surface area contributed by atoms with Crippen LogP contribution >= 0.6 is 11.6 Å². The minimum Gasteiger partial charge on any atom is -0.351 e. The lowest BCUT2D eigenvalue weighted by Crippen LogP contribution is -2.46. The molecule has 28 heavy (non-hydrogen) atoms. The number of carbonyl (C=O) groups excluding carboxylic acids is 1. The average molecular weight is 403 g/mol. The highest BCUT2D eigenvalue weighted by Crippen LogP contribution is 2.12. The molecule has 0 fully saturated rings. The maximum absolute atomic E-state index is 13.5. The Kier molecular flexibility index (Phi) is 5.70. The summed E-state index contributed by atoms with van der Waals surface area (Å²) < 4.78 is 15.3. The lowest BCUT2D eigenvalue weighted by molar-refractivity contribution is 0.0946. The Labute approximate surface area is 164 Å². The van der Waals surface area contributed by atoms with Gasteiger partial charge in [-0.15, -0.1) is 0 Å². The van der Waals surface area contributed by atoms with Gasteiger partial charge in [0.2, 0.25) is 5.69 Å². The van der Waals surface area contributed by atoms with Gasteiger partial charge in [0.15, 0.2) is 0 Å². The van der Waals surface area contributed by atoms with Crippen molar-refractivity contribution in [2.75, 3.05) is 6.54 Å². The molecule has 3 rings (SSSR count). The Hall–Kier alpha value is -3.26. The molecular formula is C19H16ClFN4O3. The molecule has 0 atom stereocenters. The molecule has 0 bridgehead atoms. The van der Waals surface area contributed by atoms with Gasteiger partial charge in [-0.05, 0) is 42.8 Å². The predicted octanol–water partition coefficient (Wildman–Crippen LogP) is 1.98. The molecule has 2 aromatic carbocycles. The van der Waals surface area contributed by atoms with E-state index in [0.29, 0.717) is 10.6 Å². The Morgan fingerprint density at radius 3 is 2.61 bits per heavy atom. The maximum Gasteiger partial charge on any atom is 0.352 e. The number of hydrogen-bond donors (Lipinski definition) is 1. The lowest BCUT2D eigenvalue weighted by atomic mass is 10.2. The van der Waals surface area contributed by atoms with Gasteiger partial charge >= 0.3 is 5.69 Å². The minimum atomic E-state index is -0.863. The van der Waals surface area contributed by atoms with Gasteiger partial charge in [0.25, 0.3) is 11.5 Å². The van der Waals surface area contributed by atoms with Gasteiger partial charge in [0, 0.05) is 11.6 Å². The van der Waals surface area contributed by atoms with Crippen molar-refractivity contribution in [1.82, 2.24) is 19.7 Å². The smallest absolute Gasteiger partial charge is 0.351 e. The van der Waals surface area contributed by atoms with Gasteiger partial charge in [0.05, 0.1) is 12.2 Å². The first-order valence-electron chi connectivity index (χ1n) is 8.43. The third-order valence-electron chi connectivity index (χ3n) is 3.89. The summed E-state index contributed by atoms with van der Waals surface area (Å²) in [6.07, 6.45) is 0. The van der Waals surface area contributed by atoms with E-state index >= 15 is 0 Å². The van der Waals surface area contributed by atoms with E-state index in [2.05, 4.69) is 10.4 Å². The zero-order chi connectivity index (χ0) is 20.3. The Bertz CT molecular complexity index is 1160. The van der Waals surface area contributed by atoms with Gasteiger partial charge in [-0.2, -0.15) is 9.78 Å². The zero-order valence-corrected chi connectivity index (χ0v) is 15.6. The minimum absolute atomic E-state index is 0.217. The van der Waals surface area contributed by atoms with E-state index in [4.69, 9.17) is 11.6 Å². The van der Waals surface area contributed by atoms with Gasteiger partial charge in [-0.1, -0.05) is 29.8 Å². The van der Waals surface area contributed by atoms with Crippen LogP contribution in [0.5, 0.6) is 0 Å². The van der Waals surface area contributed by atoms with Gasteiger partial charge in [-0.3, -0.25) is 14.2 Å². The molecule has 0 aliphatic heterocycles. The van der Waals surface area contributed by atoms with Crippen LogP contribution in [0.2, 0.25) is 5.02 Å². The van der Waals surface area contributed by atoms with Crippen LogP contribution in [-0.2, 0) is 6.54 Å². The largest absolute Gasteiger partial charge is 0.352 e. The van der Waals surface area contributed by atoms with E-state index < -0.39 is 28.7 Å². The van der Waals surface area contributed by atoms with Crippen molar-refractivity contribution in [3.8, 4) is 5.69 Å². The van der Waals surface area contributed by atoms with E-state index in [1.54, 1.807) is 31.2 Å². The first-order valence-corrected chi connectivity index (χ1v) is 8.81. The number of benzene rings is 2. The number of nitrogens with one attached hydrogen (secondary N) is 1. The third kappa shape index (κ3) is 4.01. The van der Waals surface area contributed by atoms with E-state index in [-0.39, 0.29) is 18.8 Å². The normalized spacial score (nSPS) is 10.7. The standard InChI is InChI=1S/C19H16ClFN4O3/c1-2-22-17(26)16-18(27)24(11-12-5-3-7-14(21)9-12)19(28)25(23-16)15-8-4-6-13(20)10-15/h3-10H,2,11H2,1H3,(H,22,26). The van der Waals surface area contributed by atoms with Gasteiger partial charge < -0.3 is 5.32 Å². The third-order valence-corrected chi connectivity index (χ3v) is 4.13. The number of rotatable bonds is 5. The van der Waals surface area contributed by atoms with Crippen LogP contribution in [-0.4, -0.2) is 26.8 Å². The fraction of sp³-hybridized carbons (Fsp3) is 0.158. The molecule has 1 heterocycles. The van der Waals surface area contributed by atoms with Crippen LogP contribution in [0.25, 0.3) is 5.69 Å². The topological polar surface area (TPSA) is 86.0 Å². The molecule has 1 aromatic heterocycles. The number of carbonyl (C=O) groups is 1. The second-order valence-corrected chi connectivity index (χ2v) is 6.34. The Balaban J connectivity index is 2.23. The molecule has 1 N–H and O–H groups in total. The van der Waals surface area contributed by atoms with Crippen LogP contribution in [0.1, 0.15) is 23.0 Å². The molecule has 7 nitrogen and oxygen atoms in total. The molecule has 9 heteroatoms. The molecule has 0 aliphatic rings. The van der Waals surface area contributed by atoms with Gasteiger partial charge in [-0.25, -0.2) is 9.18 Å². The highest BCUT2D eigenvalue weighted by Gasteiger charge is 2.20. The Morgan fingerprint density at radius 1 is 1.18 bits per heavy atom. The van der Waals surface area contributed by atoms with E-state index in [1.807, 2.05) is 0 Å². The molecular weight excluding hydrogens is 387 g/mol. The maximum atomic E-state index is 13.5. The zero-order valence-electron chi connectivity index (χ0n) is 14.9. The number of halogens is 2. The fourth-order valence-electron chi connectivity index (χ4n) is 2.63. The quantitative estimate of drug-likeness (QED) is 0.707. The van der Waals surface area contributed by atoms with Crippen molar-refractivity contribution in [2.45, 2.75) is 13.5 Å². The second-order valence-electron chi connectivity index (χ2n) is 5.90. The van der Waals surface area contributed by atoms with Crippen molar-refractivity contribution in [2.24, 2.45) is 0 Å². The summed E-state index contributed by atoms with van der Waals surface area (Å²) in [7, 11) is 0. The summed E-state index contributed by atoms with van der Waals surface area (Å²) in [4.78, 5) is 38.0. The summed E-state index contributed by atoms with van der Waals surface area (Å²) in [6, 6.07) is 11.8. The summed E-state index contributed by atoms with van der Waals surface area (Å²) >= 11 is 5.98. The molecule has 1 amide bonds. The van der Waals surface area contributed by atoms with E-state index in [0.717, 1.165) is 9.25 Å². The van der Waals surface area contributed by atoms with Crippen molar-refractivity contribution >= 4 is 17.5 Å². The molecule has 0 saturated carbocycles. The summed E-state index contributed by atoms with van der Waals surface area (Å²) in [5.41, 5.74) is -1.40. The van der Waals surface area contributed by atoms with Crippen molar-refractivity contribution < 1.29 is 9.18 Å². The Morgan fingerprint density at radius 2 is 1.93 bits per heavy atom. The van der Waals surface area contributed by atoms with Crippen LogP contribution in [0.4, 0.5) is 4.39 Å². The number of amides is 1. The first kappa shape index (κ1) is 19.5. The fourth-order valence-corrected chi connectivity index (χ4v) is 2.82. The van der Waals surface area contributed by atoms with Crippen LogP contribution in [0, 0.1) is 5.82 Å². The molecule has 144 valence electrons. The monoisotopic (exact) mass is 402 g/mol. The molecule has 0 radical (unpaired) electrons. The van der Waals surface area contributed by atoms with Crippen molar-refractivity contribution in [3.05, 3.63) is 91.5 Å². The van der Waals surface area contributed by atoms with Crippen LogP contribution < -0.4 is 16.6 Å². The first-order chi connectivity index (χ1) is 13.4. The van der Waals surface area contributed by atoms with Crippen molar-refractivity contribution in [3.63, 3.8) is 0 Å². The van der Waals surface area contributed by atoms with E-state index in [9.17, 15) is 18.8 Å². The highest BCUT2D eigenvalue weighted by molar-refractivity contribution is 6.30. The van der Waals surface area contributed by atoms with Crippen LogP contribution in [0.3, 0.4) is 0 Å². The predicted molar refractivity (Wildman–Crippen MR) is 103 cm³/mol. The van der Waals surface area contributed by atoms with Gasteiger partial charge in [0.1, 0.15) is 5.82 Å². The number of aromatic nitrogens is 3. The number of nitrogens with zero attached hydrogens (tertiary/aromatic N) is 3. The summed E-state index contributed by atoms with van der Waals surface area (Å²) in [6.45, 7) is 1.75.